The van der Waals surface area contributed by atoms with Gasteiger partial charge in [-0.25, -0.2) is 0 Å². The average Bonchev–Trinajstić information content (AvgIpc) is 4.16. The first-order chi connectivity index (χ1) is 39.2. The summed E-state index contributed by atoms with van der Waals surface area (Å²) >= 11 is 0. The third-order valence-electron chi connectivity index (χ3n) is 15.6. The molecule has 0 saturated heterocycles. The Morgan fingerprint density at radius 1 is 0.152 bits per heavy atom. The van der Waals surface area contributed by atoms with E-state index in [0.29, 0.717) is 0 Å². The summed E-state index contributed by atoms with van der Waals surface area (Å²) in [5.74, 6) is 0. The normalized spacial score (nSPS) is 11.3. The molecule has 0 aliphatic rings. The number of hydrogen-bond acceptors (Lipinski definition) is 0. The van der Waals surface area contributed by atoms with Gasteiger partial charge in [-0.05, 0) is 149 Å². The Labute approximate surface area is 462 Å². The van der Waals surface area contributed by atoms with Gasteiger partial charge in [-0.3, -0.25) is 0 Å². The van der Waals surface area contributed by atoms with Crippen molar-refractivity contribution in [2.45, 2.75) is 0 Å². The van der Waals surface area contributed by atoms with Crippen LogP contribution in [-0.2, 0) is 0 Å². The van der Waals surface area contributed by atoms with Gasteiger partial charge in [0.15, 0.2) is 0 Å². The van der Waals surface area contributed by atoms with Gasteiger partial charge in [0.25, 0.3) is 0 Å². The Morgan fingerprint density at radius 3 is 0.696 bits per heavy atom. The lowest BCUT2D eigenvalue weighted by Gasteiger charge is -2.19. The Kier molecular flexibility index (Phi) is 12.3. The number of nitrogens with zero attached hydrogens (tertiary/aromatic N) is 1. The van der Waals surface area contributed by atoms with Crippen LogP contribution in [-0.4, -0.2) is 4.57 Å². The maximum Gasteiger partial charge on any atom is 0.0619 e. The molecule has 370 valence electrons. The zero-order valence-corrected chi connectivity index (χ0v) is 43.5. The Balaban J connectivity index is 0.967. The predicted octanol–water partition coefficient (Wildman–Crippen LogP) is 21.5. The molecule has 0 amide bonds. The largest absolute Gasteiger partial charge is 0.308 e. The molecule has 0 fully saturated rings. The van der Waals surface area contributed by atoms with Gasteiger partial charge in [0.1, 0.15) is 0 Å². The average molecular weight is 1000 g/mol. The van der Waals surface area contributed by atoms with E-state index in [4.69, 9.17) is 0 Å². The molecular formula is C78H53N. The van der Waals surface area contributed by atoms with Crippen molar-refractivity contribution < 1.29 is 0 Å². The van der Waals surface area contributed by atoms with E-state index in [-0.39, 0.29) is 0 Å². The van der Waals surface area contributed by atoms with Crippen molar-refractivity contribution in [1.82, 2.24) is 4.57 Å². The molecule has 0 spiro atoms. The number of hydrogen-bond donors (Lipinski definition) is 0. The fourth-order valence-corrected chi connectivity index (χ4v) is 12.0. The smallest absolute Gasteiger partial charge is 0.0619 e. The lowest BCUT2D eigenvalue weighted by Crippen LogP contribution is -1.98. The van der Waals surface area contributed by atoms with Gasteiger partial charge < -0.3 is 4.57 Å². The highest BCUT2D eigenvalue weighted by Gasteiger charge is 2.24. The zero-order chi connectivity index (χ0) is 52.5. The van der Waals surface area contributed by atoms with Gasteiger partial charge in [0, 0.05) is 27.6 Å². The van der Waals surface area contributed by atoms with Gasteiger partial charge in [0.05, 0.1) is 11.0 Å². The molecule has 13 aromatic carbocycles. The second-order valence-corrected chi connectivity index (χ2v) is 20.3. The lowest BCUT2D eigenvalue weighted by molar-refractivity contribution is 1.18. The van der Waals surface area contributed by atoms with E-state index in [2.05, 4.69) is 326 Å². The first-order valence-electron chi connectivity index (χ1n) is 27.2. The Hall–Kier alpha value is -10.3. The van der Waals surface area contributed by atoms with Crippen LogP contribution >= 0.6 is 0 Å². The van der Waals surface area contributed by atoms with E-state index in [1.807, 2.05) is 0 Å². The number of benzene rings is 13. The maximum atomic E-state index is 2.53. The van der Waals surface area contributed by atoms with Crippen LogP contribution in [0.5, 0.6) is 0 Å². The minimum absolute atomic E-state index is 1.11. The van der Waals surface area contributed by atoms with E-state index in [9.17, 15) is 0 Å². The second-order valence-electron chi connectivity index (χ2n) is 20.3. The maximum absolute atomic E-state index is 2.53. The van der Waals surface area contributed by atoms with E-state index < -0.39 is 0 Å². The summed E-state index contributed by atoms with van der Waals surface area (Å²) in [6, 6.07) is 118. The van der Waals surface area contributed by atoms with E-state index in [1.54, 1.807) is 0 Å². The first kappa shape index (κ1) is 47.1. The molecule has 0 radical (unpaired) electrons. The molecule has 14 rings (SSSR count). The van der Waals surface area contributed by atoms with Gasteiger partial charge in [0.2, 0.25) is 0 Å². The molecule has 14 aromatic rings. The summed E-state index contributed by atoms with van der Waals surface area (Å²) in [7, 11) is 0. The van der Waals surface area contributed by atoms with Crippen molar-refractivity contribution >= 4 is 21.8 Å². The van der Waals surface area contributed by atoms with Gasteiger partial charge in [-0.1, -0.05) is 273 Å². The molecule has 0 N–H and O–H groups in total. The van der Waals surface area contributed by atoms with Crippen molar-refractivity contribution in [3.8, 4) is 117 Å². The standard InChI is InChI=1S/C78H53N/c1-6-26-54(27-7-1)58-48-59(55-28-8-2-9-29-55)51-62(50-58)65-36-16-18-38-67(65)69-40-20-22-42-71(69)73-44-24-46-75-76-47-25-45-74(78(76)79(77(73)75)64-34-14-5-15-35-64)72-43-23-21-41-70(72)68-39-19-17-37-66(68)63-52-60(56-30-10-3-11-31-56)49-61(53-63)57-32-12-4-13-33-57/h1-53H. The molecule has 0 aliphatic heterocycles. The van der Waals surface area contributed by atoms with Gasteiger partial charge in [-0.15, -0.1) is 0 Å². The van der Waals surface area contributed by atoms with Crippen LogP contribution in [0, 0.1) is 0 Å². The summed E-state index contributed by atoms with van der Waals surface area (Å²) in [5.41, 5.74) is 27.1. The summed E-state index contributed by atoms with van der Waals surface area (Å²) < 4.78 is 2.53. The molecule has 0 saturated carbocycles. The molecule has 1 aromatic heterocycles. The second kappa shape index (κ2) is 20.7. The number of para-hydroxylation sites is 3. The molecule has 0 bridgehead atoms. The molecule has 0 atom stereocenters. The van der Waals surface area contributed by atoms with Crippen LogP contribution in [0.2, 0.25) is 0 Å². The summed E-state index contributed by atoms with van der Waals surface area (Å²) in [4.78, 5) is 0. The Bertz CT molecular complexity index is 4110. The minimum Gasteiger partial charge on any atom is -0.308 e. The van der Waals surface area contributed by atoms with E-state index >= 15 is 0 Å². The van der Waals surface area contributed by atoms with Crippen LogP contribution in [0.1, 0.15) is 0 Å². The highest BCUT2D eigenvalue weighted by atomic mass is 15.0. The van der Waals surface area contributed by atoms with Crippen LogP contribution in [0.4, 0.5) is 0 Å². The lowest BCUT2D eigenvalue weighted by atomic mass is 9.86. The number of aromatic nitrogens is 1. The van der Waals surface area contributed by atoms with Crippen molar-refractivity contribution in [3.05, 3.63) is 322 Å². The summed E-state index contributed by atoms with van der Waals surface area (Å²) in [5, 5.41) is 2.40. The SMILES string of the molecule is c1ccc(-c2cc(-c3ccccc3)cc(-c3ccccc3-c3ccccc3-c3cccc4c5cccc(-c6ccccc6-c6ccccc6-c6cc(-c7ccccc7)cc(-c7ccccc7)c6)c5n(-c5ccccc5)c34)c2)cc1. The molecule has 1 nitrogen and oxygen atoms in total. The van der Waals surface area contributed by atoms with Crippen molar-refractivity contribution in [1.29, 1.82) is 0 Å². The van der Waals surface area contributed by atoms with Crippen molar-refractivity contribution in [3.63, 3.8) is 0 Å². The third kappa shape index (κ3) is 8.84. The topological polar surface area (TPSA) is 4.93 Å². The molecule has 1 heterocycles. The molecule has 0 unspecified atom stereocenters. The third-order valence-corrected chi connectivity index (χ3v) is 15.6. The first-order valence-corrected chi connectivity index (χ1v) is 27.2. The van der Waals surface area contributed by atoms with Crippen molar-refractivity contribution in [2.75, 3.05) is 0 Å². The van der Waals surface area contributed by atoms with Gasteiger partial charge in [-0.2, -0.15) is 0 Å². The van der Waals surface area contributed by atoms with Gasteiger partial charge >= 0.3 is 0 Å². The fourth-order valence-electron chi connectivity index (χ4n) is 12.0. The molecule has 1 heteroatoms. The van der Waals surface area contributed by atoms with Crippen LogP contribution in [0.15, 0.2) is 322 Å². The summed E-state index contributed by atoms with van der Waals surface area (Å²) in [6.07, 6.45) is 0. The molecule has 0 aliphatic carbocycles. The summed E-state index contributed by atoms with van der Waals surface area (Å²) in [6.45, 7) is 0. The number of fused-ring (bicyclic) bond motifs is 3. The van der Waals surface area contributed by atoms with Crippen LogP contribution in [0.25, 0.3) is 139 Å². The van der Waals surface area contributed by atoms with E-state index in [1.165, 1.54) is 133 Å². The molecule has 79 heavy (non-hydrogen) atoms. The Morgan fingerprint density at radius 2 is 0.380 bits per heavy atom. The zero-order valence-electron chi connectivity index (χ0n) is 43.5. The minimum atomic E-state index is 1.11. The van der Waals surface area contributed by atoms with Crippen LogP contribution in [0.3, 0.4) is 0 Å². The highest BCUT2D eigenvalue weighted by Crippen LogP contribution is 2.48. The monoisotopic (exact) mass is 1000 g/mol. The highest BCUT2D eigenvalue weighted by molar-refractivity contribution is 6.19. The predicted molar refractivity (Wildman–Crippen MR) is 335 cm³/mol. The quantitative estimate of drug-likeness (QED) is 0.122. The van der Waals surface area contributed by atoms with Crippen LogP contribution < -0.4 is 0 Å². The number of rotatable bonds is 11. The van der Waals surface area contributed by atoms with E-state index in [0.717, 1.165) is 5.69 Å². The van der Waals surface area contributed by atoms with Crippen molar-refractivity contribution in [2.24, 2.45) is 0 Å². The fraction of sp³-hybridized carbons (Fsp3) is 0. The molecular weight excluding hydrogens is 951 g/mol.